The molecule has 0 saturated heterocycles. The first kappa shape index (κ1) is 11.8. The highest BCUT2D eigenvalue weighted by atomic mass is 35.5. The number of halogens is 2. The molecule has 0 bridgehead atoms. The summed E-state index contributed by atoms with van der Waals surface area (Å²) in [5.74, 6) is -1.51. The quantitative estimate of drug-likeness (QED) is 0.845. The molecule has 0 heterocycles. The van der Waals surface area contributed by atoms with Gasteiger partial charge in [0.05, 0.1) is 21.3 Å². The standard InChI is InChI=1S/C9H7Cl2NO3/c1-4(13)12-8-2-5(9(14)15)6(10)3-7(8)11/h2-3H,1H3,(H,12,13)(H,14,15). The monoisotopic (exact) mass is 247 g/mol. The van der Waals surface area contributed by atoms with E-state index in [9.17, 15) is 9.59 Å². The highest BCUT2D eigenvalue weighted by Gasteiger charge is 2.13. The number of carboxylic acids is 1. The Morgan fingerprint density at radius 2 is 1.87 bits per heavy atom. The second-order valence-electron chi connectivity index (χ2n) is 2.80. The predicted molar refractivity (Wildman–Crippen MR) is 57.7 cm³/mol. The van der Waals surface area contributed by atoms with Crippen LogP contribution >= 0.6 is 23.2 Å². The molecular weight excluding hydrogens is 241 g/mol. The zero-order chi connectivity index (χ0) is 11.6. The summed E-state index contributed by atoms with van der Waals surface area (Å²) in [4.78, 5) is 21.5. The van der Waals surface area contributed by atoms with Crippen molar-refractivity contribution in [2.45, 2.75) is 6.92 Å². The Morgan fingerprint density at radius 3 is 2.33 bits per heavy atom. The first-order valence-corrected chi connectivity index (χ1v) is 4.67. The lowest BCUT2D eigenvalue weighted by Crippen LogP contribution is -2.08. The number of rotatable bonds is 2. The minimum atomic E-state index is -1.18. The van der Waals surface area contributed by atoms with Crippen LogP contribution in [-0.2, 0) is 4.79 Å². The molecule has 4 nitrogen and oxygen atoms in total. The van der Waals surface area contributed by atoms with E-state index >= 15 is 0 Å². The molecule has 0 spiro atoms. The lowest BCUT2D eigenvalue weighted by atomic mass is 10.2. The third kappa shape index (κ3) is 2.84. The minimum Gasteiger partial charge on any atom is -0.478 e. The predicted octanol–water partition coefficient (Wildman–Crippen LogP) is 2.65. The van der Waals surface area contributed by atoms with Crippen LogP contribution in [0.1, 0.15) is 17.3 Å². The highest BCUT2D eigenvalue weighted by molar-refractivity contribution is 6.38. The van der Waals surface area contributed by atoms with Gasteiger partial charge in [-0.05, 0) is 12.1 Å². The highest BCUT2D eigenvalue weighted by Crippen LogP contribution is 2.29. The first-order chi connectivity index (χ1) is 6.91. The number of aromatic carboxylic acids is 1. The molecule has 6 heteroatoms. The summed E-state index contributed by atoms with van der Waals surface area (Å²) >= 11 is 11.4. The van der Waals surface area contributed by atoms with Crippen LogP contribution < -0.4 is 5.32 Å². The van der Waals surface area contributed by atoms with Crippen LogP contribution in [0.25, 0.3) is 0 Å². The Labute approximate surface area is 95.8 Å². The Balaban J connectivity index is 3.23. The first-order valence-electron chi connectivity index (χ1n) is 3.91. The average molecular weight is 248 g/mol. The van der Waals surface area contributed by atoms with Crippen molar-refractivity contribution in [2.24, 2.45) is 0 Å². The third-order valence-electron chi connectivity index (χ3n) is 1.60. The van der Waals surface area contributed by atoms with Crippen LogP contribution in [0.15, 0.2) is 12.1 Å². The summed E-state index contributed by atoms with van der Waals surface area (Å²) in [6.07, 6.45) is 0. The van der Waals surface area contributed by atoms with E-state index in [1.54, 1.807) is 0 Å². The van der Waals surface area contributed by atoms with Crippen LogP contribution in [-0.4, -0.2) is 17.0 Å². The third-order valence-corrected chi connectivity index (χ3v) is 2.22. The second kappa shape index (κ2) is 4.51. The molecule has 1 aromatic rings. The van der Waals surface area contributed by atoms with E-state index in [-0.39, 0.29) is 27.2 Å². The molecule has 1 rings (SSSR count). The fraction of sp³-hybridized carbons (Fsp3) is 0.111. The number of carboxylic acid groups (broad SMARTS) is 1. The van der Waals surface area contributed by atoms with Gasteiger partial charge in [0, 0.05) is 6.92 Å². The molecule has 1 aromatic carbocycles. The fourth-order valence-corrected chi connectivity index (χ4v) is 1.51. The SMILES string of the molecule is CC(=O)Nc1cc(C(=O)O)c(Cl)cc1Cl. The lowest BCUT2D eigenvalue weighted by molar-refractivity contribution is -0.114. The van der Waals surface area contributed by atoms with Gasteiger partial charge in [-0.25, -0.2) is 4.79 Å². The topological polar surface area (TPSA) is 66.4 Å². The fourth-order valence-electron chi connectivity index (χ4n) is 0.998. The molecule has 80 valence electrons. The van der Waals surface area contributed by atoms with E-state index in [1.165, 1.54) is 19.1 Å². The van der Waals surface area contributed by atoms with Gasteiger partial charge in [-0.2, -0.15) is 0 Å². The number of hydrogen-bond donors (Lipinski definition) is 2. The number of carbonyl (C=O) groups excluding carboxylic acids is 1. The van der Waals surface area contributed by atoms with Crippen LogP contribution in [0.5, 0.6) is 0 Å². The van der Waals surface area contributed by atoms with Crippen molar-refractivity contribution in [1.82, 2.24) is 0 Å². The van der Waals surface area contributed by atoms with Gasteiger partial charge in [0.2, 0.25) is 5.91 Å². The van der Waals surface area contributed by atoms with Gasteiger partial charge in [-0.1, -0.05) is 23.2 Å². The summed E-state index contributed by atoms with van der Waals surface area (Å²) in [5.41, 5.74) is 0.121. The summed E-state index contributed by atoms with van der Waals surface area (Å²) < 4.78 is 0. The van der Waals surface area contributed by atoms with Gasteiger partial charge in [-0.3, -0.25) is 4.79 Å². The number of amides is 1. The maximum absolute atomic E-state index is 10.8. The Morgan fingerprint density at radius 1 is 1.27 bits per heavy atom. The van der Waals surface area contributed by atoms with Gasteiger partial charge in [-0.15, -0.1) is 0 Å². The Hall–Kier alpha value is -1.26. The van der Waals surface area contributed by atoms with Crippen LogP contribution in [0.3, 0.4) is 0 Å². The van der Waals surface area contributed by atoms with Gasteiger partial charge >= 0.3 is 5.97 Å². The van der Waals surface area contributed by atoms with E-state index in [2.05, 4.69) is 5.32 Å². The van der Waals surface area contributed by atoms with Crippen molar-refractivity contribution in [3.05, 3.63) is 27.7 Å². The molecule has 0 aliphatic rings. The number of hydrogen-bond acceptors (Lipinski definition) is 2. The van der Waals surface area contributed by atoms with Crippen molar-refractivity contribution in [2.75, 3.05) is 5.32 Å². The van der Waals surface area contributed by atoms with Crippen molar-refractivity contribution >= 4 is 40.8 Å². The van der Waals surface area contributed by atoms with Crippen molar-refractivity contribution in [3.8, 4) is 0 Å². The molecular formula is C9H7Cl2NO3. The number of carbonyl (C=O) groups is 2. The van der Waals surface area contributed by atoms with E-state index in [0.29, 0.717) is 0 Å². The molecule has 0 fully saturated rings. The molecule has 0 atom stereocenters. The molecule has 0 aromatic heterocycles. The van der Waals surface area contributed by atoms with Crippen LogP contribution in [0.4, 0.5) is 5.69 Å². The molecule has 0 unspecified atom stereocenters. The van der Waals surface area contributed by atoms with Gasteiger partial charge in [0.25, 0.3) is 0 Å². The number of anilines is 1. The normalized spacial score (nSPS) is 9.80. The molecule has 0 aliphatic carbocycles. The van der Waals surface area contributed by atoms with Gasteiger partial charge in [0.15, 0.2) is 0 Å². The smallest absolute Gasteiger partial charge is 0.337 e. The summed E-state index contributed by atoms with van der Waals surface area (Å²) in [6, 6.07) is 2.49. The van der Waals surface area contributed by atoms with E-state index in [1.807, 2.05) is 0 Å². The maximum atomic E-state index is 10.8. The van der Waals surface area contributed by atoms with Crippen molar-refractivity contribution < 1.29 is 14.7 Å². The number of nitrogens with one attached hydrogen (secondary N) is 1. The summed E-state index contributed by atoms with van der Waals surface area (Å²) in [6.45, 7) is 1.30. The lowest BCUT2D eigenvalue weighted by Gasteiger charge is -2.07. The Bertz CT molecular complexity index is 432. The molecule has 0 aliphatic heterocycles. The van der Waals surface area contributed by atoms with Crippen molar-refractivity contribution in [1.29, 1.82) is 0 Å². The van der Waals surface area contributed by atoms with Crippen LogP contribution in [0.2, 0.25) is 10.0 Å². The van der Waals surface area contributed by atoms with E-state index in [4.69, 9.17) is 28.3 Å². The summed E-state index contributed by atoms with van der Waals surface area (Å²) in [5, 5.41) is 11.4. The molecule has 1 amide bonds. The second-order valence-corrected chi connectivity index (χ2v) is 3.61. The largest absolute Gasteiger partial charge is 0.478 e. The van der Waals surface area contributed by atoms with E-state index in [0.717, 1.165) is 0 Å². The minimum absolute atomic E-state index is 0.0293. The zero-order valence-electron chi connectivity index (χ0n) is 7.67. The molecule has 0 saturated carbocycles. The molecule has 0 radical (unpaired) electrons. The number of benzene rings is 1. The van der Waals surface area contributed by atoms with Crippen LogP contribution in [0, 0.1) is 0 Å². The average Bonchev–Trinajstić information content (AvgIpc) is 2.08. The van der Waals surface area contributed by atoms with E-state index < -0.39 is 5.97 Å². The molecule has 15 heavy (non-hydrogen) atoms. The maximum Gasteiger partial charge on any atom is 0.337 e. The van der Waals surface area contributed by atoms with Crippen molar-refractivity contribution in [3.63, 3.8) is 0 Å². The zero-order valence-corrected chi connectivity index (χ0v) is 9.19. The molecule has 2 N–H and O–H groups in total. The van der Waals surface area contributed by atoms with Gasteiger partial charge < -0.3 is 10.4 Å². The Kier molecular flexibility index (Phi) is 3.55. The summed E-state index contributed by atoms with van der Waals surface area (Å²) in [7, 11) is 0. The van der Waals surface area contributed by atoms with Gasteiger partial charge in [0.1, 0.15) is 0 Å².